The van der Waals surface area contributed by atoms with Crippen molar-refractivity contribution < 1.29 is 92.1 Å². The number of nitrogens with zero attached hydrogens (tertiary/aromatic N) is 6. The molecule has 0 saturated carbocycles. The van der Waals surface area contributed by atoms with Gasteiger partial charge in [-0.1, -0.05) is 376 Å². The van der Waals surface area contributed by atoms with Gasteiger partial charge in [0, 0.05) is 111 Å². The summed E-state index contributed by atoms with van der Waals surface area (Å²) in [6.07, 6.45) is 2.80. The van der Waals surface area contributed by atoms with Crippen LogP contribution in [0.5, 0.6) is 11.5 Å². The number of aromatic hydroxyl groups is 2. The monoisotopic (exact) mass is 2170 g/mol. The molecule has 0 bridgehead atoms. The van der Waals surface area contributed by atoms with E-state index in [4.69, 9.17) is 47.9 Å². The zero-order valence-electron chi connectivity index (χ0n) is 109. The van der Waals surface area contributed by atoms with Crippen molar-refractivity contribution >= 4 is 22.1 Å². The van der Waals surface area contributed by atoms with Gasteiger partial charge < -0.3 is 10.2 Å². The Hall–Kier alpha value is -11.9. The Bertz CT molecular complexity index is 8590. The molecule has 0 aliphatic rings. The molecule has 0 amide bonds. The molecule has 0 fully saturated rings. The van der Waals surface area contributed by atoms with Crippen LogP contribution in [0.25, 0.3) is 157 Å². The summed E-state index contributed by atoms with van der Waals surface area (Å²) in [6, 6.07) is 70.7. The molecule has 0 unspecified atom stereocenters. The fraction of sp³-hybridized carbons (Fsp3) is 0.280. The van der Waals surface area contributed by atoms with Gasteiger partial charge in [-0.25, -0.2) is 9.97 Å². The number of aromatic nitrogens is 6. The van der Waals surface area contributed by atoms with Crippen molar-refractivity contribution in [3.8, 4) is 146 Å². The van der Waals surface area contributed by atoms with E-state index >= 15 is 0 Å². The molecule has 0 atom stereocenters. The zero-order valence-corrected chi connectivity index (χ0v) is 84.3. The quantitative estimate of drug-likeness (QED) is 0.112. The summed E-state index contributed by atoms with van der Waals surface area (Å²) in [5, 5.41) is 24.8. The van der Waals surface area contributed by atoms with Crippen LogP contribution in [0.4, 0.5) is 0 Å². The van der Waals surface area contributed by atoms with Gasteiger partial charge in [-0.3, -0.25) is 19.1 Å². The predicted molar refractivity (Wildman–Crippen MR) is 562 cm³/mol. The van der Waals surface area contributed by atoms with Gasteiger partial charge >= 0.3 is 0 Å². The topological polar surface area (TPSA) is 102 Å². The van der Waals surface area contributed by atoms with Gasteiger partial charge in [-0.2, -0.15) is 0 Å². The molecule has 2 N–H and O–H groups in total. The van der Waals surface area contributed by atoms with Crippen molar-refractivity contribution in [3.63, 3.8) is 0 Å². The van der Waals surface area contributed by atoms with Crippen molar-refractivity contribution in [2.24, 2.45) is 0 Å². The third-order valence-electron chi connectivity index (χ3n) is 24.3. The number of benzene rings is 13. The second-order valence-electron chi connectivity index (χ2n) is 41.0. The summed E-state index contributed by atoms with van der Waals surface area (Å²) in [5.41, 5.74) is 8.08. The predicted octanol–water partition coefficient (Wildman–Crippen LogP) is 33.5. The molecule has 10 heteroatoms. The first kappa shape index (κ1) is 67.3. The summed E-state index contributed by atoms with van der Waals surface area (Å²) in [6.45, 7) is 15.7. The van der Waals surface area contributed by atoms with Crippen LogP contribution in [0, 0.1) is 32.8 Å². The molecule has 0 spiro atoms. The Morgan fingerprint density at radius 2 is 0.704 bits per heavy atom. The summed E-state index contributed by atoms with van der Waals surface area (Å²) >= 11 is 0. The van der Waals surface area contributed by atoms with E-state index in [9.17, 15) is 17.1 Å². The largest absolute Gasteiger partial charge is 0.507 e. The number of imidazole rings is 2. The standard InChI is InChI=1S/C66H68N3O.C59H62N3O.2Pt/c1-41-34-53(61(70)55(35-41)66(12,13)14)62-68-60-52(47-37-48(39-50(38-47)64(6,7)8)56-40-45(32-33-67-56)43-26-29-49(30-27-43)63(3,4)5)23-19-25-58(60)69(62)57-31-28-46(36-42(57)2)59-51(44-20-16-15-17-21-44)22-18-24-54(59)65(9,10)11;1-37-30-48(54(63)49(31-37)59(11,12)13)55-61-53-46(20-17-21-52(53)62(55)51-27-26-44(57(5,6)7)36-47(51)39-18-15-14-16-19-39)41-32-42(34-45(33-41)58(8,9)10)50-35-40(28-29-60-50)38-22-24-43(25-23-38)56(2,3)4;;/h15-36,38-40,70H,1-14H3;14-31,33-36,63H,1-13H3;;/q2*-1;;/i2D3,3D3,4D3,5D3,26D,27D,29D,30D;2D3,3D3,4D3,22D,23D,24D,25D;;. The van der Waals surface area contributed by atoms with Crippen LogP contribution in [-0.2, 0) is 85.5 Å². The van der Waals surface area contributed by atoms with Crippen molar-refractivity contribution in [2.45, 2.75) is 230 Å². The number of rotatable bonds is 13. The molecule has 0 saturated heterocycles. The van der Waals surface area contributed by atoms with Crippen molar-refractivity contribution in [1.29, 1.82) is 0 Å². The number of phenolic OH excluding ortho intramolecular Hbond substituents is 2. The number of pyridine rings is 2. The third-order valence-corrected chi connectivity index (χ3v) is 24.3. The first-order chi connectivity index (χ1) is 74.6. The van der Waals surface area contributed by atoms with E-state index in [0.717, 1.165) is 78.0 Å². The Labute approximate surface area is 872 Å². The molecule has 4 aromatic heterocycles. The summed E-state index contributed by atoms with van der Waals surface area (Å²) in [7, 11) is 0. The van der Waals surface area contributed by atoms with Crippen molar-refractivity contribution in [2.75, 3.05) is 0 Å². The van der Waals surface area contributed by atoms with E-state index in [2.05, 4.69) is 147 Å². The van der Waals surface area contributed by atoms with Gasteiger partial charge in [0.1, 0.15) is 23.1 Å². The molecule has 17 rings (SSSR count). The van der Waals surface area contributed by atoms with Crippen LogP contribution in [0.3, 0.4) is 0 Å². The smallest absolute Gasteiger partial charge is 0.148 e. The summed E-state index contributed by atoms with van der Waals surface area (Å²) in [5.74, 6) is 0.910. The molecule has 8 nitrogen and oxygen atoms in total. The Kier molecular flexibility index (Phi) is 18.8. The van der Waals surface area contributed by atoms with Gasteiger partial charge in [0.15, 0.2) is 0 Å². The first-order valence-corrected chi connectivity index (χ1v) is 44.7. The zero-order chi connectivity index (χ0) is 120. The molecule has 4 heterocycles. The summed E-state index contributed by atoms with van der Waals surface area (Å²) in [4.78, 5) is 20.3. The molecular formula is C125H130N6O2Pt2-2. The normalized spacial score (nSPS) is 16.1. The van der Waals surface area contributed by atoms with E-state index < -0.39 is 140 Å². The maximum absolute atomic E-state index is 12.5. The Morgan fingerprint density at radius 3 is 1.12 bits per heavy atom. The number of hydrogen-bond acceptors (Lipinski definition) is 6. The minimum atomic E-state index is -3.84. The van der Waals surface area contributed by atoms with Gasteiger partial charge in [-0.15, -0.1) is 58.7 Å². The number of hydrogen-bond donors (Lipinski definition) is 2. The molecular weight excluding hydrogens is 2010 g/mol. The van der Waals surface area contributed by atoms with E-state index in [1.54, 1.807) is 16.7 Å². The van der Waals surface area contributed by atoms with Crippen molar-refractivity contribution in [1.82, 2.24) is 29.1 Å². The van der Waals surface area contributed by atoms with Crippen LogP contribution < -0.4 is 0 Å². The van der Waals surface area contributed by atoms with E-state index in [1.807, 2.05) is 207 Å². The second kappa shape index (κ2) is 37.6. The van der Waals surface area contributed by atoms with Crippen LogP contribution in [0.15, 0.2) is 285 Å². The second-order valence-corrected chi connectivity index (χ2v) is 41.0. The fourth-order valence-corrected chi connectivity index (χ4v) is 17.1. The number of aryl methyl sites for hydroxylation is 3. The minimum absolute atomic E-state index is 0. The van der Waals surface area contributed by atoms with E-state index in [-0.39, 0.29) is 104 Å². The first-order valence-electron chi connectivity index (χ1n) is 59.2. The maximum atomic E-state index is 12.5. The van der Waals surface area contributed by atoms with Crippen LogP contribution in [0.1, 0.15) is 267 Å². The van der Waals surface area contributed by atoms with Gasteiger partial charge in [0.2, 0.25) is 0 Å². The molecule has 0 aliphatic heterocycles. The van der Waals surface area contributed by atoms with Crippen LogP contribution in [0.2, 0.25) is 0 Å². The fourth-order valence-electron chi connectivity index (χ4n) is 17.1. The number of phenols is 2. The van der Waals surface area contributed by atoms with E-state index in [0.29, 0.717) is 89.4 Å². The average Bonchev–Trinajstić information content (AvgIpc) is 0.811. The van der Waals surface area contributed by atoms with E-state index in [1.165, 1.54) is 30.6 Å². The SMILES string of the molecule is [2H]c1c([2H])c(C(C([2H])([2H])[2H])(C([2H])([2H])[2H])C([2H])([2H])[2H])c([2H])c([2H])c1-c1ccnc(-c2[c-]c(-c3cccc4c3nc(-c3cc(C)cc(C(C)(C)C)c3O)n4-c3ccc(-c4c(-c5ccccc5)cccc4C(C)(C)C)cc3C([2H])([2H])[2H])cc(C(C)(C)C)c2)c1.[2H]c1c([2H])c(C(C([2H])([2H])[2H])(C([2H])([2H])[2H])C([2H])([2H])[2H])c([2H])c([2H])c1-c1ccnc(-c2[c-]c(-c3cccc4c3nc(-c3cc(C)cc(C(C)(C)C)c3O)n4-c3ccc(C(C)(C)C)cc3-c3ccccc3)cc(C(C)(C)C)c2)c1.[Pt].[Pt]. The molecule has 694 valence electrons. The molecule has 17 aromatic rings. The molecule has 0 radical (unpaired) electrons. The van der Waals surface area contributed by atoms with Crippen LogP contribution in [-0.4, -0.2) is 39.3 Å². The summed E-state index contributed by atoms with van der Waals surface area (Å²) < 4.78 is 253. The minimum Gasteiger partial charge on any atom is -0.507 e. The van der Waals surface area contributed by atoms with Gasteiger partial charge in [0.25, 0.3) is 0 Å². The molecule has 0 aliphatic carbocycles. The molecule has 13 aromatic carbocycles. The number of fused-ring (bicyclic) bond motifs is 2. The molecule has 135 heavy (non-hydrogen) atoms. The third kappa shape index (κ3) is 20.6. The van der Waals surface area contributed by atoms with Gasteiger partial charge in [-0.05, 0) is 214 Å². The Balaban J connectivity index is 0.000000254. The van der Waals surface area contributed by atoms with Crippen LogP contribution >= 0.6 is 0 Å². The van der Waals surface area contributed by atoms with Gasteiger partial charge in [0.05, 0.1) is 55.5 Å². The Morgan fingerprint density at radius 1 is 0.304 bits per heavy atom. The average molecular weight is 2170 g/mol. The number of para-hydroxylation sites is 2. The maximum Gasteiger partial charge on any atom is 0.148 e. The van der Waals surface area contributed by atoms with Crippen molar-refractivity contribution in [3.05, 3.63) is 359 Å².